The number of carbonyl (C=O) groups is 1. The zero-order valence-electron chi connectivity index (χ0n) is 9.53. The van der Waals surface area contributed by atoms with Crippen LogP contribution in [0.5, 0.6) is 0 Å². The Kier molecular flexibility index (Phi) is 4.96. The van der Waals surface area contributed by atoms with E-state index in [0.717, 1.165) is 10.0 Å². The smallest absolute Gasteiger partial charge is 0.224 e. The fraction of sp³-hybridized carbons (Fsp3) is 0.417. The van der Waals surface area contributed by atoms with Crippen LogP contribution in [0.3, 0.4) is 0 Å². The SMILES string of the molecule is CC(N)C(C)C(=O)NCc1ccc(Br)cc1. The van der Waals surface area contributed by atoms with Crippen molar-refractivity contribution >= 4 is 21.8 Å². The standard InChI is InChI=1S/C12H17BrN2O/c1-8(9(2)14)12(16)15-7-10-3-5-11(13)6-4-10/h3-6,8-9H,7,14H2,1-2H3,(H,15,16). The summed E-state index contributed by atoms with van der Waals surface area (Å²) in [5.41, 5.74) is 6.74. The first-order valence-corrected chi connectivity index (χ1v) is 6.07. The van der Waals surface area contributed by atoms with Gasteiger partial charge in [-0.25, -0.2) is 0 Å². The van der Waals surface area contributed by atoms with Gasteiger partial charge in [-0.3, -0.25) is 4.79 Å². The van der Waals surface area contributed by atoms with Crippen LogP contribution >= 0.6 is 15.9 Å². The van der Waals surface area contributed by atoms with Gasteiger partial charge in [0, 0.05) is 23.0 Å². The van der Waals surface area contributed by atoms with Crippen molar-refractivity contribution in [3.63, 3.8) is 0 Å². The number of benzene rings is 1. The first kappa shape index (κ1) is 13.2. The quantitative estimate of drug-likeness (QED) is 0.889. The van der Waals surface area contributed by atoms with Crippen molar-refractivity contribution in [1.29, 1.82) is 0 Å². The molecule has 2 atom stereocenters. The summed E-state index contributed by atoms with van der Waals surface area (Å²) in [7, 11) is 0. The summed E-state index contributed by atoms with van der Waals surface area (Å²) in [5.74, 6) is -0.159. The van der Waals surface area contributed by atoms with E-state index in [0.29, 0.717) is 6.54 Å². The molecule has 1 aromatic carbocycles. The molecule has 4 heteroatoms. The predicted molar refractivity (Wildman–Crippen MR) is 68.8 cm³/mol. The van der Waals surface area contributed by atoms with Crippen molar-refractivity contribution in [3.05, 3.63) is 34.3 Å². The van der Waals surface area contributed by atoms with Gasteiger partial charge in [-0.05, 0) is 24.6 Å². The van der Waals surface area contributed by atoms with Crippen LogP contribution in [0.15, 0.2) is 28.7 Å². The first-order valence-electron chi connectivity index (χ1n) is 5.28. The Labute approximate surface area is 105 Å². The number of rotatable bonds is 4. The van der Waals surface area contributed by atoms with Crippen LogP contribution in [-0.4, -0.2) is 11.9 Å². The lowest BCUT2D eigenvalue weighted by atomic mass is 10.0. The van der Waals surface area contributed by atoms with Crippen LogP contribution in [0.2, 0.25) is 0 Å². The number of halogens is 1. The summed E-state index contributed by atoms with van der Waals surface area (Å²) >= 11 is 3.36. The monoisotopic (exact) mass is 284 g/mol. The summed E-state index contributed by atoms with van der Waals surface area (Å²) in [6.45, 7) is 4.22. The van der Waals surface area contributed by atoms with Crippen molar-refractivity contribution in [2.45, 2.75) is 26.4 Å². The maximum absolute atomic E-state index is 11.6. The Morgan fingerprint density at radius 1 is 1.38 bits per heavy atom. The second kappa shape index (κ2) is 6.01. The number of nitrogens with two attached hydrogens (primary N) is 1. The van der Waals surface area contributed by atoms with Crippen LogP contribution in [-0.2, 0) is 11.3 Å². The molecule has 0 spiro atoms. The number of nitrogens with one attached hydrogen (secondary N) is 1. The molecular weight excluding hydrogens is 268 g/mol. The predicted octanol–water partition coefficient (Wildman–Crippen LogP) is 2.05. The highest BCUT2D eigenvalue weighted by molar-refractivity contribution is 9.10. The molecule has 0 heterocycles. The number of hydrogen-bond acceptors (Lipinski definition) is 2. The zero-order chi connectivity index (χ0) is 12.1. The van der Waals surface area contributed by atoms with E-state index in [1.807, 2.05) is 38.1 Å². The molecule has 1 aromatic rings. The molecule has 0 aromatic heterocycles. The summed E-state index contributed by atoms with van der Waals surface area (Å²) < 4.78 is 1.03. The Bertz CT molecular complexity index is 349. The lowest BCUT2D eigenvalue weighted by molar-refractivity contribution is -0.125. The Balaban J connectivity index is 2.46. The molecule has 0 aliphatic carbocycles. The highest BCUT2D eigenvalue weighted by atomic mass is 79.9. The molecule has 16 heavy (non-hydrogen) atoms. The number of hydrogen-bond donors (Lipinski definition) is 2. The van der Waals surface area contributed by atoms with E-state index in [1.54, 1.807) is 0 Å². The van der Waals surface area contributed by atoms with Gasteiger partial charge in [-0.15, -0.1) is 0 Å². The molecule has 0 aliphatic rings. The molecule has 3 N–H and O–H groups in total. The van der Waals surface area contributed by atoms with E-state index in [4.69, 9.17) is 5.73 Å². The van der Waals surface area contributed by atoms with Gasteiger partial charge in [0.25, 0.3) is 0 Å². The summed E-state index contributed by atoms with van der Waals surface area (Å²) in [6, 6.07) is 7.74. The van der Waals surface area contributed by atoms with E-state index < -0.39 is 0 Å². The topological polar surface area (TPSA) is 55.1 Å². The van der Waals surface area contributed by atoms with E-state index in [-0.39, 0.29) is 17.9 Å². The molecular formula is C12H17BrN2O. The van der Waals surface area contributed by atoms with Crippen LogP contribution in [0.4, 0.5) is 0 Å². The van der Waals surface area contributed by atoms with E-state index >= 15 is 0 Å². The zero-order valence-corrected chi connectivity index (χ0v) is 11.1. The van der Waals surface area contributed by atoms with Gasteiger partial charge in [0.05, 0.1) is 0 Å². The van der Waals surface area contributed by atoms with Crippen LogP contribution < -0.4 is 11.1 Å². The number of carbonyl (C=O) groups excluding carboxylic acids is 1. The number of amides is 1. The fourth-order valence-corrected chi connectivity index (χ4v) is 1.46. The molecule has 0 saturated carbocycles. The Hall–Kier alpha value is -0.870. The van der Waals surface area contributed by atoms with Gasteiger partial charge in [-0.2, -0.15) is 0 Å². The molecule has 2 unspecified atom stereocenters. The van der Waals surface area contributed by atoms with Crippen molar-refractivity contribution in [2.24, 2.45) is 11.7 Å². The maximum atomic E-state index is 11.6. The first-order chi connectivity index (χ1) is 7.50. The van der Waals surface area contributed by atoms with Crippen molar-refractivity contribution in [1.82, 2.24) is 5.32 Å². The summed E-state index contributed by atoms with van der Waals surface area (Å²) in [6.07, 6.45) is 0. The van der Waals surface area contributed by atoms with Gasteiger partial charge in [-0.1, -0.05) is 35.0 Å². The van der Waals surface area contributed by atoms with Gasteiger partial charge in [0.1, 0.15) is 0 Å². The highest BCUT2D eigenvalue weighted by Crippen LogP contribution is 2.10. The second-order valence-corrected chi connectivity index (χ2v) is 4.91. The third-order valence-corrected chi connectivity index (χ3v) is 3.11. The molecule has 0 radical (unpaired) electrons. The van der Waals surface area contributed by atoms with Crippen LogP contribution in [0, 0.1) is 5.92 Å². The lowest BCUT2D eigenvalue weighted by Gasteiger charge is -2.15. The normalized spacial score (nSPS) is 14.2. The highest BCUT2D eigenvalue weighted by Gasteiger charge is 2.16. The molecule has 1 rings (SSSR count). The molecule has 0 saturated heterocycles. The van der Waals surface area contributed by atoms with Gasteiger partial charge >= 0.3 is 0 Å². The lowest BCUT2D eigenvalue weighted by Crippen LogP contribution is -2.38. The van der Waals surface area contributed by atoms with Crippen LogP contribution in [0.25, 0.3) is 0 Å². The summed E-state index contributed by atoms with van der Waals surface area (Å²) in [4.78, 5) is 11.6. The maximum Gasteiger partial charge on any atom is 0.224 e. The largest absolute Gasteiger partial charge is 0.352 e. The van der Waals surface area contributed by atoms with Gasteiger partial charge < -0.3 is 11.1 Å². The minimum atomic E-state index is -0.157. The van der Waals surface area contributed by atoms with Gasteiger partial charge in [0.2, 0.25) is 5.91 Å². The minimum absolute atomic E-state index is 0.00193. The van der Waals surface area contributed by atoms with E-state index in [9.17, 15) is 4.79 Å². The van der Waals surface area contributed by atoms with E-state index in [2.05, 4.69) is 21.2 Å². The summed E-state index contributed by atoms with van der Waals surface area (Å²) in [5, 5.41) is 2.87. The average Bonchev–Trinajstić information content (AvgIpc) is 2.26. The fourth-order valence-electron chi connectivity index (χ4n) is 1.19. The third kappa shape index (κ3) is 3.94. The second-order valence-electron chi connectivity index (χ2n) is 3.99. The van der Waals surface area contributed by atoms with Crippen molar-refractivity contribution in [2.75, 3.05) is 0 Å². The molecule has 0 aliphatic heterocycles. The van der Waals surface area contributed by atoms with Gasteiger partial charge in [0.15, 0.2) is 0 Å². The van der Waals surface area contributed by atoms with Crippen molar-refractivity contribution in [3.8, 4) is 0 Å². The Morgan fingerprint density at radius 2 is 1.94 bits per heavy atom. The molecule has 3 nitrogen and oxygen atoms in total. The molecule has 88 valence electrons. The molecule has 1 amide bonds. The third-order valence-electron chi connectivity index (χ3n) is 2.58. The molecule has 0 bridgehead atoms. The average molecular weight is 285 g/mol. The van der Waals surface area contributed by atoms with Crippen molar-refractivity contribution < 1.29 is 4.79 Å². The van der Waals surface area contributed by atoms with Crippen LogP contribution in [0.1, 0.15) is 19.4 Å². The minimum Gasteiger partial charge on any atom is -0.352 e. The molecule has 0 fully saturated rings. The van der Waals surface area contributed by atoms with E-state index in [1.165, 1.54) is 0 Å². The Morgan fingerprint density at radius 3 is 2.44 bits per heavy atom.